The second-order valence-corrected chi connectivity index (χ2v) is 3.67. The summed E-state index contributed by atoms with van der Waals surface area (Å²) in [7, 11) is 0. The molecule has 0 heterocycles. The maximum absolute atomic E-state index is 9.73. The number of phenolic OH excluding ortho intramolecular Hbond substituents is 3. The molecule has 0 aromatic heterocycles. The molecule has 0 spiro atoms. The smallest absolute Gasteiger partial charge is 0.130 e. The molecule has 2 aromatic carbocycles. The van der Waals surface area contributed by atoms with Crippen LogP contribution in [0.4, 0.5) is 0 Å². The van der Waals surface area contributed by atoms with Crippen molar-refractivity contribution >= 4 is 0 Å². The molecular formula is C13H12O3. The first-order chi connectivity index (χ1) is 7.59. The van der Waals surface area contributed by atoms with Gasteiger partial charge in [0.05, 0.1) is 5.56 Å². The average molecular weight is 216 g/mol. The molecule has 16 heavy (non-hydrogen) atoms. The van der Waals surface area contributed by atoms with Gasteiger partial charge in [0.1, 0.15) is 17.2 Å². The normalized spacial score (nSPS) is 10.3. The molecule has 0 fully saturated rings. The number of phenols is 3. The summed E-state index contributed by atoms with van der Waals surface area (Å²) in [5.74, 6) is -0.425. The van der Waals surface area contributed by atoms with E-state index in [9.17, 15) is 15.3 Å². The Labute approximate surface area is 93.2 Å². The molecule has 0 radical (unpaired) electrons. The molecule has 0 aliphatic rings. The van der Waals surface area contributed by atoms with Crippen LogP contribution in [-0.2, 0) is 0 Å². The predicted octanol–water partition coefficient (Wildman–Crippen LogP) is 2.78. The molecule has 3 heteroatoms. The molecule has 0 aliphatic carbocycles. The van der Waals surface area contributed by atoms with Crippen molar-refractivity contribution in [1.29, 1.82) is 0 Å². The van der Waals surface area contributed by atoms with Gasteiger partial charge in [-0.3, -0.25) is 0 Å². The fraction of sp³-hybridized carbons (Fsp3) is 0.0769. The van der Waals surface area contributed by atoms with E-state index in [-0.39, 0.29) is 17.2 Å². The number of hydrogen-bond acceptors (Lipinski definition) is 3. The van der Waals surface area contributed by atoms with E-state index in [1.807, 2.05) is 25.1 Å². The molecule has 0 amide bonds. The second kappa shape index (κ2) is 3.77. The molecule has 2 rings (SSSR count). The van der Waals surface area contributed by atoms with E-state index in [0.29, 0.717) is 5.56 Å². The van der Waals surface area contributed by atoms with Crippen LogP contribution in [0.1, 0.15) is 5.56 Å². The summed E-state index contributed by atoms with van der Waals surface area (Å²) in [6.45, 7) is 1.89. The maximum Gasteiger partial charge on any atom is 0.130 e. The minimum absolute atomic E-state index is 0.133. The summed E-state index contributed by atoms with van der Waals surface area (Å²) < 4.78 is 0. The van der Waals surface area contributed by atoms with Gasteiger partial charge in [-0.15, -0.1) is 0 Å². The van der Waals surface area contributed by atoms with E-state index >= 15 is 0 Å². The molecule has 0 atom stereocenters. The number of aromatic hydroxyl groups is 3. The van der Waals surface area contributed by atoms with E-state index in [1.54, 1.807) is 6.07 Å². The predicted molar refractivity (Wildman–Crippen MR) is 61.6 cm³/mol. The van der Waals surface area contributed by atoms with Crippen molar-refractivity contribution in [3.63, 3.8) is 0 Å². The first-order valence-corrected chi connectivity index (χ1v) is 4.90. The van der Waals surface area contributed by atoms with Crippen LogP contribution < -0.4 is 0 Å². The third-order valence-corrected chi connectivity index (χ3v) is 2.50. The highest BCUT2D eigenvalue weighted by Crippen LogP contribution is 2.41. The zero-order valence-electron chi connectivity index (χ0n) is 8.81. The van der Waals surface area contributed by atoms with Gasteiger partial charge >= 0.3 is 0 Å². The highest BCUT2D eigenvalue weighted by molar-refractivity contribution is 5.79. The van der Waals surface area contributed by atoms with Gasteiger partial charge in [0, 0.05) is 12.1 Å². The monoisotopic (exact) mass is 216 g/mol. The molecule has 0 unspecified atom stereocenters. The quantitative estimate of drug-likeness (QED) is 0.686. The number of aryl methyl sites for hydroxylation is 1. The van der Waals surface area contributed by atoms with Gasteiger partial charge in [0.15, 0.2) is 0 Å². The van der Waals surface area contributed by atoms with E-state index < -0.39 is 0 Å². The molecule has 0 saturated heterocycles. The summed E-state index contributed by atoms with van der Waals surface area (Å²) in [5, 5.41) is 28.7. The van der Waals surface area contributed by atoms with Crippen LogP contribution in [0.15, 0.2) is 36.4 Å². The molecule has 0 bridgehead atoms. The second-order valence-electron chi connectivity index (χ2n) is 3.67. The first-order valence-electron chi connectivity index (χ1n) is 4.90. The van der Waals surface area contributed by atoms with Crippen LogP contribution >= 0.6 is 0 Å². The Bertz CT molecular complexity index is 509. The van der Waals surface area contributed by atoms with E-state index in [1.165, 1.54) is 12.1 Å². The van der Waals surface area contributed by atoms with Gasteiger partial charge in [0.25, 0.3) is 0 Å². The van der Waals surface area contributed by atoms with Crippen LogP contribution in [0.3, 0.4) is 0 Å². The standard InChI is InChI=1S/C13H12O3/c1-8-4-2-3-5-10(8)13-11(15)6-9(14)7-12(13)16/h2-7,14-16H,1H3. The van der Waals surface area contributed by atoms with Gasteiger partial charge in [-0.1, -0.05) is 24.3 Å². The van der Waals surface area contributed by atoms with Gasteiger partial charge in [-0.2, -0.15) is 0 Å². The molecule has 0 aliphatic heterocycles. The maximum atomic E-state index is 9.73. The van der Waals surface area contributed by atoms with Crippen LogP contribution in [0.2, 0.25) is 0 Å². The summed E-state index contributed by atoms with van der Waals surface area (Å²) in [4.78, 5) is 0. The van der Waals surface area contributed by atoms with Crippen molar-refractivity contribution in [2.45, 2.75) is 6.92 Å². The van der Waals surface area contributed by atoms with Crippen molar-refractivity contribution in [3.05, 3.63) is 42.0 Å². The Morgan fingerprint density at radius 2 is 1.44 bits per heavy atom. The summed E-state index contributed by atoms with van der Waals surface area (Å²) in [6, 6.07) is 9.83. The Hall–Kier alpha value is -2.16. The van der Waals surface area contributed by atoms with Crippen molar-refractivity contribution in [2.75, 3.05) is 0 Å². The van der Waals surface area contributed by atoms with Crippen LogP contribution in [0.25, 0.3) is 11.1 Å². The van der Waals surface area contributed by atoms with Gasteiger partial charge in [0.2, 0.25) is 0 Å². The van der Waals surface area contributed by atoms with E-state index in [4.69, 9.17) is 0 Å². The Kier molecular flexibility index (Phi) is 2.44. The van der Waals surface area contributed by atoms with Crippen molar-refractivity contribution in [1.82, 2.24) is 0 Å². The average Bonchev–Trinajstić information content (AvgIpc) is 2.19. The number of benzene rings is 2. The third-order valence-electron chi connectivity index (χ3n) is 2.50. The fourth-order valence-electron chi connectivity index (χ4n) is 1.73. The third kappa shape index (κ3) is 1.67. The topological polar surface area (TPSA) is 60.7 Å². The van der Waals surface area contributed by atoms with E-state index in [2.05, 4.69) is 0 Å². The highest BCUT2D eigenvalue weighted by Gasteiger charge is 2.13. The van der Waals surface area contributed by atoms with Gasteiger partial charge in [-0.25, -0.2) is 0 Å². The zero-order chi connectivity index (χ0) is 11.7. The number of hydrogen-bond donors (Lipinski definition) is 3. The Morgan fingerprint density at radius 1 is 0.875 bits per heavy atom. The van der Waals surface area contributed by atoms with Crippen molar-refractivity contribution < 1.29 is 15.3 Å². The Balaban J connectivity index is 2.70. The molecule has 0 saturated carbocycles. The Morgan fingerprint density at radius 3 is 2.00 bits per heavy atom. The summed E-state index contributed by atoms with van der Waals surface area (Å²) in [6.07, 6.45) is 0. The minimum Gasteiger partial charge on any atom is -0.508 e. The fourth-order valence-corrected chi connectivity index (χ4v) is 1.73. The lowest BCUT2D eigenvalue weighted by molar-refractivity contribution is 0.430. The summed E-state index contributed by atoms with van der Waals surface area (Å²) >= 11 is 0. The van der Waals surface area contributed by atoms with Crippen molar-refractivity contribution in [3.8, 4) is 28.4 Å². The molecule has 3 N–H and O–H groups in total. The first kappa shape index (κ1) is 10.4. The lowest BCUT2D eigenvalue weighted by Gasteiger charge is -2.10. The summed E-state index contributed by atoms with van der Waals surface area (Å²) in [5.41, 5.74) is 2.03. The van der Waals surface area contributed by atoms with Crippen LogP contribution in [0.5, 0.6) is 17.2 Å². The largest absolute Gasteiger partial charge is 0.508 e. The molecule has 3 nitrogen and oxygen atoms in total. The lowest BCUT2D eigenvalue weighted by atomic mass is 9.99. The van der Waals surface area contributed by atoms with Crippen molar-refractivity contribution in [2.24, 2.45) is 0 Å². The van der Waals surface area contributed by atoms with Crippen LogP contribution in [-0.4, -0.2) is 15.3 Å². The highest BCUT2D eigenvalue weighted by atomic mass is 16.3. The van der Waals surface area contributed by atoms with Gasteiger partial charge in [-0.05, 0) is 18.1 Å². The van der Waals surface area contributed by atoms with Gasteiger partial charge < -0.3 is 15.3 Å². The molecular weight excluding hydrogens is 204 g/mol. The van der Waals surface area contributed by atoms with Crippen LogP contribution in [0, 0.1) is 6.92 Å². The zero-order valence-corrected chi connectivity index (χ0v) is 8.81. The lowest BCUT2D eigenvalue weighted by Crippen LogP contribution is -1.84. The van der Waals surface area contributed by atoms with E-state index in [0.717, 1.165) is 11.1 Å². The SMILES string of the molecule is Cc1ccccc1-c1c(O)cc(O)cc1O. The molecule has 82 valence electrons. The minimum atomic E-state index is -0.160. The number of rotatable bonds is 1. The molecule has 2 aromatic rings.